The summed E-state index contributed by atoms with van der Waals surface area (Å²) in [6.07, 6.45) is 0. The number of anilines is 9. The van der Waals surface area contributed by atoms with Crippen LogP contribution in [0.2, 0.25) is 0 Å². The maximum absolute atomic E-state index is 6.68. The van der Waals surface area contributed by atoms with E-state index in [-0.39, 0.29) is 0 Å². The molecule has 13 rings (SSSR count). The van der Waals surface area contributed by atoms with Crippen molar-refractivity contribution in [2.24, 2.45) is 0 Å². The van der Waals surface area contributed by atoms with Crippen LogP contribution in [0.3, 0.4) is 0 Å². The number of aryl methyl sites for hydroxylation is 9. The van der Waals surface area contributed by atoms with Gasteiger partial charge in [-0.15, -0.1) is 0 Å². The Morgan fingerprint density at radius 3 is 0.707 bits per heavy atom. The van der Waals surface area contributed by atoms with Gasteiger partial charge in [0.15, 0.2) is 0 Å². The Morgan fingerprint density at radius 1 is 0.213 bits per heavy atom. The number of benzene rings is 10. The maximum atomic E-state index is 6.68. The van der Waals surface area contributed by atoms with E-state index in [4.69, 9.17) is 13.3 Å². The Balaban J connectivity index is 0.968. The van der Waals surface area contributed by atoms with Gasteiger partial charge in [0.25, 0.3) is 0 Å². The van der Waals surface area contributed by atoms with Crippen LogP contribution in [-0.2, 0) is 0 Å². The number of rotatable bonds is 9. The predicted octanol–water partition coefficient (Wildman–Crippen LogP) is 20.6. The summed E-state index contributed by atoms with van der Waals surface area (Å²) in [4.78, 5) is 7.14. The third-order valence-electron chi connectivity index (χ3n) is 15.1. The Labute approximate surface area is 437 Å². The SMILES string of the molecule is Cc1ccc(N(c2ccc3oc4ccc(C)cc4c3c2)c2ccc3oc4ccc(N(c5ccc6oc7ccc(N(c8ccc(C)cc8C)c8ccc(C)cc8C)cc7c6c5)c5ccc(C)cc5C)cc4c3c2)c(C)c1. The highest BCUT2D eigenvalue weighted by Gasteiger charge is 2.24. The van der Waals surface area contributed by atoms with Crippen molar-refractivity contribution < 1.29 is 13.3 Å². The largest absolute Gasteiger partial charge is 0.456 e. The second-order valence-electron chi connectivity index (χ2n) is 20.9. The lowest BCUT2D eigenvalue weighted by molar-refractivity contribution is 0.668. The molecule has 0 unspecified atom stereocenters. The molecule has 0 saturated heterocycles. The van der Waals surface area contributed by atoms with Crippen LogP contribution in [0, 0.1) is 62.3 Å². The molecule has 6 nitrogen and oxygen atoms in total. The summed E-state index contributed by atoms with van der Waals surface area (Å²) < 4.78 is 19.7. The zero-order valence-corrected chi connectivity index (χ0v) is 43.9. The van der Waals surface area contributed by atoms with E-state index in [1.54, 1.807) is 0 Å². The molecule has 0 bridgehead atoms. The van der Waals surface area contributed by atoms with Crippen LogP contribution in [0.15, 0.2) is 195 Å². The van der Waals surface area contributed by atoms with Gasteiger partial charge in [-0.3, -0.25) is 0 Å². The summed E-state index contributed by atoms with van der Waals surface area (Å²) in [5, 5.41) is 6.36. The van der Waals surface area contributed by atoms with Crippen LogP contribution < -0.4 is 14.7 Å². The van der Waals surface area contributed by atoms with E-state index >= 15 is 0 Å². The topological polar surface area (TPSA) is 49.1 Å². The van der Waals surface area contributed by atoms with Gasteiger partial charge in [-0.2, -0.15) is 0 Å². The number of furan rings is 3. The molecule has 3 heterocycles. The number of nitrogens with zero attached hydrogens (tertiary/aromatic N) is 3. The van der Waals surface area contributed by atoms with Gasteiger partial charge >= 0.3 is 0 Å². The Kier molecular flexibility index (Phi) is 10.8. The quantitative estimate of drug-likeness (QED) is 0.144. The van der Waals surface area contributed by atoms with Gasteiger partial charge in [0.2, 0.25) is 0 Å². The average molecular weight is 976 g/mol. The lowest BCUT2D eigenvalue weighted by Gasteiger charge is -2.29. The first-order chi connectivity index (χ1) is 36.3. The summed E-state index contributed by atoms with van der Waals surface area (Å²) in [5.41, 5.74) is 25.7. The number of hydrogen-bond acceptors (Lipinski definition) is 6. The van der Waals surface area contributed by atoms with E-state index in [0.29, 0.717) is 0 Å². The fraction of sp³-hybridized carbons (Fsp3) is 0.130. The fourth-order valence-corrected chi connectivity index (χ4v) is 11.6. The molecule has 0 aliphatic heterocycles. The van der Waals surface area contributed by atoms with Crippen LogP contribution >= 0.6 is 0 Å². The molecule has 75 heavy (non-hydrogen) atoms. The monoisotopic (exact) mass is 975 g/mol. The molecule has 0 amide bonds. The molecule has 10 aromatic carbocycles. The minimum absolute atomic E-state index is 0.826. The van der Waals surface area contributed by atoms with E-state index in [0.717, 1.165) is 117 Å². The molecule has 0 fully saturated rings. The maximum Gasteiger partial charge on any atom is 0.135 e. The van der Waals surface area contributed by atoms with Crippen LogP contribution in [0.25, 0.3) is 65.8 Å². The van der Waals surface area contributed by atoms with Gasteiger partial charge in [-0.25, -0.2) is 0 Å². The lowest BCUT2D eigenvalue weighted by Crippen LogP contribution is -2.13. The average Bonchev–Trinajstić information content (AvgIpc) is 4.12. The van der Waals surface area contributed by atoms with Crippen molar-refractivity contribution in [3.8, 4) is 0 Å². The van der Waals surface area contributed by atoms with Crippen molar-refractivity contribution >= 4 is 117 Å². The van der Waals surface area contributed by atoms with Crippen molar-refractivity contribution in [2.45, 2.75) is 62.3 Å². The van der Waals surface area contributed by atoms with Gasteiger partial charge in [-0.1, -0.05) is 82.4 Å². The normalized spacial score (nSPS) is 11.8. The van der Waals surface area contributed by atoms with E-state index in [1.165, 1.54) is 50.1 Å². The van der Waals surface area contributed by atoms with E-state index in [9.17, 15) is 0 Å². The van der Waals surface area contributed by atoms with Gasteiger partial charge in [-0.05, 0) is 212 Å². The first-order valence-electron chi connectivity index (χ1n) is 25.9. The second-order valence-corrected chi connectivity index (χ2v) is 20.9. The fourth-order valence-electron chi connectivity index (χ4n) is 11.6. The van der Waals surface area contributed by atoms with Crippen molar-refractivity contribution in [1.82, 2.24) is 0 Å². The number of hydrogen-bond donors (Lipinski definition) is 0. The van der Waals surface area contributed by atoms with Crippen molar-refractivity contribution in [1.29, 1.82) is 0 Å². The molecule has 3 aromatic heterocycles. The molecule has 13 aromatic rings. The van der Waals surface area contributed by atoms with Crippen LogP contribution in [0.1, 0.15) is 50.1 Å². The summed E-state index contributed by atoms with van der Waals surface area (Å²) in [5.74, 6) is 0. The predicted molar refractivity (Wildman–Crippen MR) is 315 cm³/mol. The molecule has 6 heteroatoms. The van der Waals surface area contributed by atoms with Crippen molar-refractivity contribution in [2.75, 3.05) is 14.7 Å². The zero-order valence-electron chi connectivity index (χ0n) is 43.9. The van der Waals surface area contributed by atoms with Crippen LogP contribution in [-0.4, -0.2) is 0 Å². The molecule has 0 N–H and O–H groups in total. The van der Waals surface area contributed by atoms with E-state index in [1.807, 2.05) is 0 Å². The van der Waals surface area contributed by atoms with Crippen molar-refractivity contribution in [3.63, 3.8) is 0 Å². The van der Waals surface area contributed by atoms with Gasteiger partial charge in [0.1, 0.15) is 33.5 Å². The Morgan fingerprint density at radius 2 is 0.427 bits per heavy atom. The van der Waals surface area contributed by atoms with E-state index in [2.05, 4.69) is 259 Å². The molecule has 0 aliphatic rings. The number of fused-ring (bicyclic) bond motifs is 9. The summed E-state index contributed by atoms with van der Waals surface area (Å²) in [7, 11) is 0. The Hall–Kier alpha value is -9.00. The first-order valence-corrected chi connectivity index (χ1v) is 25.9. The second kappa shape index (κ2) is 17.6. The molecule has 366 valence electrons. The highest BCUT2D eigenvalue weighted by Crippen LogP contribution is 2.47. The summed E-state index contributed by atoms with van der Waals surface area (Å²) >= 11 is 0. The zero-order chi connectivity index (χ0) is 51.4. The molecule has 0 atom stereocenters. The molecule has 0 saturated carbocycles. The van der Waals surface area contributed by atoms with Crippen LogP contribution in [0.5, 0.6) is 0 Å². The smallest absolute Gasteiger partial charge is 0.135 e. The van der Waals surface area contributed by atoms with Gasteiger partial charge in [0, 0.05) is 83.5 Å². The summed E-state index contributed by atoms with van der Waals surface area (Å²) in [6, 6.07) is 66.1. The Bertz CT molecular complexity index is 4400. The lowest BCUT2D eigenvalue weighted by atomic mass is 10.0. The third-order valence-corrected chi connectivity index (χ3v) is 15.1. The molecule has 0 aliphatic carbocycles. The highest BCUT2D eigenvalue weighted by molar-refractivity contribution is 6.11. The van der Waals surface area contributed by atoms with Gasteiger partial charge < -0.3 is 28.0 Å². The van der Waals surface area contributed by atoms with E-state index < -0.39 is 0 Å². The minimum Gasteiger partial charge on any atom is -0.456 e. The third kappa shape index (κ3) is 7.87. The molecular formula is C69H57N3O3. The summed E-state index contributed by atoms with van der Waals surface area (Å²) in [6.45, 7) is 19.5. The van der Waals surface area contributed by atoms with Gasteiger partial charge in [0.05, 0.1) is 0 Å². The highest BCUT2D eigenvalue weighted by atomic mass is 16.3. The standard InChI is InChI=1S/C69H57N3O3/c1-40-10-20-60(45(6)30-40)70(49-15-25-65-55(35-49)54-34-44(5)14-24-64(54)73-65)50-16-26-66-56(36-50)57-37-51(17-27-67(57)74-66)71(61-21-11-41(2)31-46(61)7)52-18-28-68-58(38-52)59-39-53(19-29-69(59)75-68)72(62-22-12-42(3)32-47(62)8)63-23-13-43(4)33-48(63)9/h10-39H,1-9H3. The molecular weight excluding hydrogens is 919 g/mol. The molecule has 0 spiro atoms. The minimum atomic E-state index is 0.826. The van der Waals surface area contributed by atoms with Crippen LogP contribution in [0.4, 0.5) is 51.2 Å². The first kappa shape index (κ1) is 45.8. The van der Waals surface area contributed by atoms with Crippen molar-refractivity contribution in [3.05, 3.63) is 232 Å². The molecule has 0 radical (unpaired) electrons.